The summed E-state index contributed by atoms with van der Waals surface area (Å²) in [7, 11) is 0. The lowest BCUT2D eigenvalue weighted by atomic mass is 9.71. The molecule has 31 heavy (non-hydrogen) atoms. The maximum Gasteiger partial charge on any atom is 0.433 e. The van der Waals surface area contributed by atoms with E-state index in [0.29, 0.717) is 5.52 Å². The number of halogens is 4. The maximum atomic E-state index is 12.8. The second-order valence-electron chi connectivity index (χ2n) is 8.34. The maximum absolute atomic E-state index is 12.8. The van der Waals surface area contributed by atoms with E-state index in [4.69, 9.17) is 11.6 Å². The predicted octanol–water partition coefficient (Wildman–Crippen LogP) is 5.08. The molecule has 0 saturated heterocycles. The molecule has 1 aliphatic carbocycles. The first-order valence-electron chi connectivity index (χ1n) is 9.68. The molecule has 0 radical (unpaired) electrons. The molecule has 4 rings (SSSR count). The quantitative estimate of drug-likeness (QED) is 0.578. The SMILES string of the molecule is CC(C)(O)[C@H]1C[C@H](n2cc3cc(NC(=O)c4cccc(C(F)(F)F)n4)c(Cl)cc3n2)C1. The number of hydrogen-bond acceptors (Lipinski definition) is 4. The van der Waals surface area contributed by atoms with E-state index in [2.05, 4.69) is 15.4 Å². The lowest BCUT2D eigenvalue weighted by Crippen LogP contribution is -2.41. The second kappa shape index (κ2) is 7.49. The van der Waals surface area contributed by atoms with Crippen molar-refractivity contribution in [1.82, 2.24) is 14.8 Å². The zero-order chi connectivity index (χ0) is 22.6. The number of hydrogen-bond donors (Lipinski definition) is 2. The van der Waals surface area contributed by atoms with Crippen LogP contribution < -0.4 is 5.32 Å². The van der Waals surface area contributed by atoms with Gasteiger partial charge < -0.3 is 10.4 Å². The van der Waals surface area contributed by atoms with Crippen molar-refractivity contribution in [2.75, 3.05) is 5.32 Å². The standard InChI is InChI=1S/C21H20ClF3N4O2/c1-20(2,31)12-7-13(8-12)29-10-11-6-17(14(22)9-16(11)28-29)27-19(30)15-4-3-5-18(26-15)21(23,24)25/h3-6,9-10,12-13,31H,7-8H2,1-2H3,(H,27,30)/t12-,13-. The molecule has 6 nitrogen and oxygen atoms in total. The van der Waals surface area contributed by atoms with E-state index in [-0.39, 0.29) is 28.4 Å². The smallest absolute Gasteiger partial charge is 0.390 e. The Balaban J connectivity index is 1.54. The lowest BCUT2D eigenvalue weighted by molar-refractivity contribution is -0.141. The molecule has 164 valence electrons. The molecule has 0 spiro atoms. The molecule has 1 fully saturated rings. The first-order valence-corrected chi connectivity index (χ1v) is 10.1. The van der Waals surface area contributed by atoms with Crippen molar-refractivity contribution in [3.05, 3.63) is 52.9 Å². The minimum Gasteiger partial charge on any atom is -0.390 e. The molecular weight excluding hydrogens is 433 g/mol. The molecule has 0 aliphatic heterocycles. The van der Waals surface area contributed by atoms with Crippen LogP contribution in [0.15, 0.2) is 36.5 Å². The lowest BCUT2D eigenvalue weighted by Gasteiger charge is -2.42. The number of aromatic nitrogens is 3. The predicted molar refractivity (Wildman–Crippen MR) is 110 cm³/mol. The van der Waals surface area contributed by atoms with Gasteiger partial charge in [-0.1, -0.05) is 17.7 Å². The molecule has 2 N–H and O–H groups in total. The summed E-state index contributed by atoms with van der Waals surface area (Å²) in [6.07, 6.45) is -1.21. The summed E-state index contributed by atoms with van der Waals surface area (Å²) >= 11 is 6.26. The highest BCUT2D eigenvalue weighted by molar-refractivity contribution is 6.34. The zero-order valence-electron chi connectivity index (χ0n) is 16.7. The summed E-state index contributed by atoms with van der Waals surface area (Å²) in [5.41, 5.74) is -1.36. The number of benzene rings is 1. The molecule has 10 heteroatoms. The number of amides is 1. The van der Waals surface area contributed by atoms with Crippen LogP contribution in [0.4, 0.5) is 18.9 Å². The Morgan fingerprint density at radius 1 is 1.26 bits per heavy atom. The third kappa shape index (κ3) is 4.38. The van der Waals surface area contributed by atoms with Gasteiger partial charge in [0, 0.05) is 11.6 Å². The van der Waals surface area contributed by atoms with Crippen molar-refractivity contribution >= 4 is 34.1 Å². The van der Waals surface area contributed by atoms with Crippen LogP contribution in [-0.4, -0.2) is 31.4 Å². The molecular formula is C21H20ClF3N4O2. The van der Waals surface area contributed by atoms with Crippen LogP contribution in [0.1, 0.15) is 48.9 Å². The van der Waals surface area contributed by atoms with Gasteiger partial charge in [0.1, 0.15) is 11.4 Å². The highest BCUT2D eigenvalue weighted by Crippen LogP contribution is 2.44. The van der Waals surface area contributed by atoms with Gasteiger partial charge in [0.25, 0.3) is 5.91 Å². The number of nitrogens with zero attached hydrogens (tertiary/aromatic N) is 3. The number of rotatable bonds is 4. The van der Waals surface area contributed by atoms with Crippen LogP contribution in [0.2, 0.25) is 5.02 Å². The van der Waals surface area contributed by atoms with Crippen molar-refractivity contribution in [2.45, 2.75) is 44.5 Å². The van der Waals surface area contributed by atoms with Crippen LogP contribution in [0.25, 0.3) is 10.9 Å². The largest absolute Gasteiger partial charge is 0.433 e. The average Bonchev–Trinajstić information content (AvgIpc) is 3.00. The van der Waals surface area contributed by atoms with Gasteiger partial charge in [-0.3, -0.25) is 9.48 Å². The molecule has 1 amide bonds. The second-order valence-corrected chi connectivity index (χ2v) is 8.74. The minimum absolute atomic E-state index is 0.162. The van der Waals surface area contributed by atoms with Gasteiger partial charge >= 0.3 is 6.18 Å². The molecule has 1 aromatic carbocycles. The van der Waals surface area contributed by atoms with Crippen LogP contribution >= 0.6 is 11.6 Å². The van der Waals surface area contributed by atoms with Crippen molar-refractivity contribution < 1.29 is 23.1 Å². The summed E-state index contributed by atoms with van der Waals surface area (Å²) in [6.45, 7) is 3.59. The fourth-order valence-corrected chi connectivity index (χ4v) is 3.84. The van der Waals surface area contributed by atoms with E-state index in [0.717, 1.165) is 30.4 Å². The van der Waals surface area contributed by atoms with Gasteiger partial charge in [0.15, 0.2) is 0 Å². The van der Waals surface area contributed by atoms with Gasteiger partial charge in [-0.2, -0.15) is 18.3 Å². The van der Waals surface area contributed by atoms with E-state index in [9.17, 15) is 23.1 Å². The summed E-state index contributed by atoms with van der Waals surface area (Å²) in [4.78, 5) is 15.8. The third-order valence-electron chi connectivity index (χ3n) is 5.62. The third-order valence-corrected chi connectivity index (χ3v) is 5.93. The minimum atomic E-state index is -4.65. The number of carbonyl (C=O) groups is 1. The van der Waals surface area contributed by atoms with Crippen LogP contribution in [0.5, 0.6) is 0 Å². The fourth-order valence-electron chi connectivity index (χ4n) is 3.63. The zero-order valence-corrected chi connectivity index (χ0v) is 17.5. The van der Waals surface area contributed by atoms with Crippen molar-refractivity contribution in [1.29, 1.82) is 0 Å². The molecule has 2 heterocycles. The Labute approximate surface area is 181 Å². The Morgan fingerprint density at radius 2 is 1.97 bits per heavy atom. The average molecular weight is 453 g/mol. The number of alkyl halides is 3. The normalized spacial score (nSPS) is 19.3. The molecule has 0 bridgehead atoms. The number of pyridine rings is 1. The van der Waals surface area contributed by atoms with Crippen molar-refractivity contribution in [3.8, 4) is 0 Å². The molecule has 3 aromatic rings. The Hall–Kier alpha value is -2.65. The Kier molecular flexibility index (Phi) is 5.21. The highest BCUT2D eigenvalue weighted by atomic mass is 35.5. The number of carbonyl (C=O) groups excluding carboxylic acids is 1. The van der Waals surface area contributed by atoms with Gasteiger partial charge in [-0.25, -0.2) is 4.98 Å². The van der Waals surface area contributed by atoms with E-state index in [1.54, 1.807) is 26.0 Å². The van der Waals surface area contributed by atoms with Gasteiger partial charge in [0.2, 0.25) is 0 Å². The van der Waals surface area contributed by atoms with E-state index in [1.807, 2.05) is 10.9 Å². The summed E-state index contributed by atoms with van der Waals surface area (Å²) in [6, 6.07) is 6.50. The highest BCUT2D eigenvalue weighted by Gasteiger charge is 2.40. The Morgan fingerprint density at radius 3 is 2.61 bits per heavy atom. The molecule has 0 unspecified atom stereocenters. The summed E-state index contributed by atoms with van der Waals surface area (Å²) < 4.78 is 40.4. The van der Waals surface area contributed by atoms with E-state index >= 15 is 0 Å². The van der Waals surface area contributed by atoms with E-state index < -0.39 is 23.4 Å². The van der Waals surface area contributed by atoms with Crippen LogP contribution in [0, 0.1) is 5.92 Å². The molecule has 2 aromatic heterocycles. The summed E-state index contributed by atoms with van der Waals surface area (Å²) in [5.74, 6) is -0.602. The van der Waals surface area contributed by atoms with Gasteiger partial charge in [-0.05, 0) is 56.9 Å². The van der Waals surface area contributed by atoms with Crippen molar-refractivity contribution in [2.24, 2.45) is 5.92 Å². The number of anilines is 1. The molecule has 1 aliphatic rings. The number of nitrogens with one attached hydrogen (secondary N) is 1. The fraction of sp³-hybridized carbons (Fsp3) is 0.381. The number of fused-ring (bicyclic) bond motifs is 1. The number of aliphatic hydroxyl groups is 1. The molecule has 1 saturated carbocycles. The summed E-state index contributed by atoms with van der Waals surface area (Å²) in [5, 5.41) is 18.1. The van der Waals surface area contributed by atoms with Crippen LogP contribution in [-0.2, 0) is 6.18 Å². The van der Waals surface area contributed by atoms with Gasteiger partial charge in [-0.15, -0.1) is 0 Å². The first-order chi connectivity index (χ1) is 14.4. The topological polar surface area (TPSA) is 80.0 Å². The van der Waals surface area contributed by atoms with Crippen LogP contribution in [0.3, 0.4) is 0 Å². The van der Waals surface area contributed by atoms with E-state index in [1.165, 1.54) is 6.07 Å². The molecule has 0 atom stereocenters. The first kappa shape index (κ1) is 21.6. The monoisotopic (exact) mass is 452 g/mol. The van der Waals surface area contributed by atoms with Crippen molar-refractivity contribution in [3.63, 3.8) is 0 Å². The Bertz CT molecular complexity index is 1150. The van der Waals surface area contributed by atoms with Gasteiger partial charge in [0.05, 0.1) is 27.9 Å².